The average molecular weight is 341 g/mol. The van der Waals surface area contributed by atoms with Crippen LogP contribution in [0.5, 0.6) is 0 Å². The highest BCUT2D eigenvalue weighted by molar-refractivity contribution is 5.95. The number of hydrazine groups is 1. The lowest BCUT2D eigenvalue weighted by Gasteiger charge is -2.32. The Bertz CT molecular complexity index is 792. The summed E-state index contributed by atoms with van der Waals surface area (Å²) in [6.45, 7) is 8.38. The van der Waals surface area contributed by atoms with E-state index in [0.717, 1.165) is 12.1 Å². The molecule has 0 spiro atoms. The Labute approximate surface area is 147 Å². The van der Waals surface area contributed by atoms with Gasteiger partial charge >= 0.3 is 0 Å². The van der Waals surface area contributed by atoms with Crippen LogP contribution >= 0.6 is 0 Å². The second-order valence-electron chi connectivity index (χ2n) is 7.22. The lowest BCUT2D eigenvalue weighted by Crippen LogP contribution is -2.49. The van der Waals surface area contributed by atoms with Crippen LogP contribution in [-0.4, -0.2) is 49.9 Å². The molecule has 0 saturated carbocycles. The number of amides is 2. The fraction of sp³-hybridized carbons (Fsp3) is 0.444. The summed E-state index contributed by atoms with van der Waals surface area (Å²) in [4.78, 5) is 27.0. The number of carbonyl (C=O) groups excluding carboxylic acids is 2. The Kier molecular flexibility index (Phi) is 4.32. The first-order valence-electron chi connectivity index (χ1n) is 8.42. The average Bonchev–Trinajstić information content (AvgIpc) is 3.20. The van der Waals surface area contributed by atoms with E-state index >= 15 is 0 Å². The van der Waals surface area contributed by atoms with Gasteiger partial charge in [-0.25, -0.2) is 5.01 Å². The van der Waals surface area contributed by atoms with Gasteiger partial charge in [-0.3, -0.25) is 14.6 Å². The maximum absolute atomic E-state index is 13.0. The van der Waals surface area contributed by atoms with Gasteiger partial charge in [0.2, 0.25) is 5.91 Å². The topological polar surface area (TPSA) is 71.3 Å². The summed E-state index contributed by atoms with van der Waals surface area (Å²) in [6, 6.07) is 9.43. The molecule has 25 heavy (non-hydrogen) atoms. The number of para-hydroxylation sites is 1. The van der Waals surface area contributed by atoms with Crippen molar-refractivity contribution in [3.05, 3.63) is 41.7 Å². The predicted molar refractivity (Wildman–Crippen MR) is 92.9 cm³/mol. The Morgan fingerprint density at radius 2 is 1.64 bits per heavy atom. The standard InChI is InChI=1S/C18H23N5O2/c1-13-15(20-23(19-13)14-9-6-5-7-10-14)16(24)21-11-8-12-22(21)17(25)18(2,3)4/h5-7,9-10H,8,11-12H2,1-4H3. The summed E-state index contributed by atoms with van der Waals surface area (Å²) < 4.78 is 0. The lowest BCUT2D eigenvalue weighted by molar-refractivity contribution is -0.149. The van der Waals surface area contributed by atoms with E-state index in [9.17, 15) is 9.59 Å². The monoisotopic (exact) mass is 341 g/mol. The number of aryl methyl sites for hydroxylation is 1. The van der Waals surface area contributed by atoms with Crippen LogP contribution in [0, 0.1) is 12.3 Å². The molecule has 0 radical (unpaired) electrons. The molecule has 1 aliphatic rings. The van der Waals surface area contributed by atoms with Gasteiger partial charge in [-0.1, -0.05) is 39.0 Å². The third-order valence-electron chi connectivity index (χ3n) is 4.11. The van der Waals surface area contributed by atoms with E-state index in [1.54, 1.807) is 11.9 Å². The van der Waals surface area contributed by atoms with E-state index in [2.05, 4.69) is 10.2 Å². The molecular formula is C18H23N5O2. The van der Waals surface area contributed by atoms with Crippen molar-refractivity contribution in [2.75, 3.05) is 13.1 Å². The molecule has 7 nitrogen and oxygen atoms in total. The molecule has 7 heteroatoms. The van der Waals surface area contributed by atoms with Gasteiger partial charge in [-0.2, -0.15) is 9.90 Å². The first-order valence-corrected chi connectivity index (χ1v) is 8.42. The highest BCUT2D eigenvalue weighted by Gasteiger charge is 2.38. The molecule has 0 unspecified atom stereocenters. The second-order valence-corrected chi connectivity index (χ2v) is 7.22. The Hall–Kier alpha value is -2.70. The van der Waals surface area contributed by atoms with Crippen molar-refractivity contribution in [1.29, 1.82) is 0 Å². The van der Waals surface area contributed by atoms with Crippen LogP contribution in [0.4, 0.5) is 0 Å². The second kappa shape index (κ2) is 6.31. The van der Waals surface area contributed by atoms with Crippen LogP contribution in [0.3, 0.4) is 0 Å². The van der Waals surface area contributed by atoms with Crippen LogP contribution in [0.25, 0.3) is 5.69 Å². The van der Waals surface area contributed by atoms with Crippen molar-refractivity contribution in [2.24, 2.45) is 5.41 Å². The lowest BCUT2D eigenvalue weighted by atomic mass is 9.95. The fourth-order valence-corrected chi connectivity index (χ4v) is 2.80. The minimum Gasteiger partial charge on any atom is -0.272 e. The van der Waals surface area contributed by atoms with Crippen molar-refractivity contribution in [2.45, 2.75) is 34.1 Å². The first kappa shape index (κ1) is 17.1. The molecule has 2 heterocycles. The minimum atomic E-state index is -0.542. The van der Waals surface area contributed by atoms with Crippen LogP contribution < -0.4 is 0 Å². The molecule has 2 amide bonds. The fourth-order valence-electron chi connectivity index (χ4n) is 2.80. The van der Waals surface area contributed by atoms with Crippen molar-refractivity contribution >= 4 is 11.8 Å². The molecule has 0 bridgehead atoms. The molecule has 3 rings (SSSR count). The third kappa shape index (κ3) is 3.26. The van der Waals surface area contributed by atoms with E-state index in [1.807, 2.05) is 51.1 Å². The highest BCUT2D eigenvalue weighted by atomic mass is 16.2. The van der Waals surface area contributed by atoms with Crippen molar-refractivity contribution in [3.8, 4) is 5.69 Å². The van der Waals surface area contributed by atoms with Gasteiger partial charge in [0.1, 0.15) is 0 Å². The number of benzene rings is 1. The largest absolute Gasteiger partial charge is 0.294 e. The Morgan fingerprint density at radius 3 is 2.28 bits per heavy atom. The van der Waals surface area contributed by atoms with E-state index in [1.165, 1.54) is 9.81 Å². The van der Waals surface area contributed by atoms with E-state index in [-0.39, 0.29) is 17.5 Å². The van der Waals surface area contributed by atoms with Gasteiger partial charge in [0, 0.05) is 18.5 Å². The van der Waals surface area contributed by atoms with Crippen molar-refractivity contribution < 1.29 is 9.59 Å². The number of rotatable bonds is 2. The summed E-state index contributed by atoms with van der Waals surface area (Å²) in [6.07, 6.45) is 0.763. The van der Waals surface area contributed by atoms with Crippen LogP contribution in [0.15, 0.2) is 30.3 Å². The summed E-state index contributed by atoms with van der Waals surface area (Å²) >= 11 is 0. The van der Waals surface area contributed by atoms with Gasteiger partial charge in [-0.15, -0.1) is 5.10 Å². The number of carbonyl (C=O) groups is 2. The summed E-state index contributed by atoms with van der Waals surface area (Å²) in [5.74, 6) is -0.346. The summed E-state index contributed by atoms with van der Waals surface area (Å²) in [7, 11) is 0. The smallest absolute Gasteiger partial charge is 0.272 e. The van der Waals surface area contributed by atoms with Crippen LogP contribution in [0.1, 0.15) is 43.4 Å². The third-order valence-corrected chi connectivity index (χ3v) is 4.11. The van der Waals surface area contributed by atoms with Gasteiger partial charge < -0.3 is 0 Å². The summed E-state index contributed by atoms with van der Waals surface area (Å²) in [5, 5.41) is 11.7. The number of nitrogens with zero attached hydrogens (tertiary/aromatic N) is 5. The molecule has 1 saturated heterocycles. The maximum Gasteiger partial charge on any atom is 0.294 e. The molecule has 0 N–H and O–H groups in total. The molecule has 1 aliphatic heterocycles. The molecule has 132 valence electrons. The van der Waals surface area contributed by atoms with Crippen LogP contribution in [-0.2, 0) is 4.79 Å². The van der Waals surface area contributed by atoms with Gasteiger partial charge in [0.05, 0.1) is 11.4 Å². The quantitative estimate of drug-likeness (QED) is 0.840. The van der Waals surface area contributed by atoms with E-state index in [0.29, 0.717) is 18.8 Å². The molecule has 0 aliphatic carbocycles. The Balaban J connectivity index is 1.88. The number of hydrogen-bond donors (Lipinski definition) is 0. The number of hydrogen-bond acceptors (Lipinski definition) is 4. The van der Waals surface area contributed by atoms with Crippen molar-refractivity contribution in [1.82, 2.24) is 25.0 Å². The predicted octanol–water partition coefficient (Wildman–Crippen LogP) is 2.21. The van der Waals surface area contributed by atoms with Crippen LogP contribution in [0.2, 0.25) is 0 Å². The zero-order chi connectivity index (χ0) is 18.2. The molecule has 2 aromatic rings. The zero-order valence-corrected chi connectivity index (χ0v) is 15.1. The molecule has 0 atom stereocenters. The maximum atomic E-state index is 13.0. The first-order chi connectivity index (χ1) is 11.8. The summed E-state index contributed by atoms with van der Waals surface area (Å²) in [5.41, 5.74) is 1.06. The Morgan fingerprint density at radius 1 is 1.00 bits per heavy atom. The molecular weight excluding hydrogens is 318 g/mol. The highest BCUT2D eigenvalue weighted by Crippen LogP contribution is 2.24. The molecule has 1 aromatic carbocycles. The van der Waals surface area contributed by atoms with Gasteiger partial charge in [-0.05, 0) is 25.5 Å². The van der Waals surface area contributed by atoms with E-state index < -0.39 is 5.41 Å². The minimum absolute atomic E-state index is 0.0635. The normalized spacial score (nSPS) is 14.9. The molecule has 1 aromatic heterocycles. The SMILES string of the molecule is Cc1nn(-c2ccccc2)nc1C(=O)N1CCCN1C(=O)C(C)(C)C. The van der Waals surface area contributed by atoms with E-state index in [4.69, 9.17) is 0 Å². The van der Waals surface area contributed by atoms with Crippen molar-refractivity contribution in [3.63, 3.8) is 0 Å². The number of aromatic nitrogens is 3. The zero-order valence-electron chi connectivity index (χ0n) is 15.1. The van der Waals surface area contributed by atoms with Gasteiger partial charge in [0.15, 0.2) is 5.69 Å². The molecule has 1 fully saturated rings. The van der Waals surface area contributed by atoms with Gasteiger partial charge in [0.25, 0.3) is 5.91 Å².